The van der Waals surface area contributed by atoms with Gasteiger partial charge in [-0.25, -0.2) is 9.78 Å². The van der Waals surface area contributed by atoms with E-state index in [2.05, 4.69) is 16.9 Å². The van der Waals surface area contributed by atoms with E-state index in [1.54, 1.807) is 0 Å². The van der Waals surface area contributed by atoms with Crippen molar-refractivity contribution in [3.05, 3.63) is 17.8 Å². The first-order chi connectivity index (χ1) is 9.10. The predicted octanol–water partition coefficient (Wildman–Crippen LogP) is 0.923. The molecular formula is C13H19N3O3. The number of pyridine rings is 1. The van der Waals surface area contributed by atoms with Gasteiger partial charge in [-0.15, -0.1) is 0 Å². The van der Waals surface area contributed by atoms with Gasteiger partial charge in [-0.1, -0.05) is 0 Å². The molecule has 0 saturated carbocycles. The number of carbonyl (C=O) groups excluding carboxylic acids is 1. The third kappa shape index (κ3) is 3.35. The lowest BCUT2D eigenvalue weighted by molar-refractivity contribution is 0.0583. The largest absolute Gasteiger partial charge is 0.474 e. The zero-order valence-corrected chi connectivity index (χ0v) is 11.3. The third-order valence-corrected chi connectivity index (χ3v) is 3.22. The van der Waals surface area contributed by atoms with Crippen LogP contribution >= 0.6 is 0 Å². The van der Waals surface area contributed by atoms with E-state index in [9.17, 15) is 4.79 Å². The Kier molecular flexibility index (Phi) is 4.21. The molecular weight excluding hydrogens is 246 g/mol. The van der Waals surface area contributed by atoms with E-state index in [0.29, 0.717) is 11.6 Å². The van der Waals surface area contributed by atoms with Gasteiger partial charge in [0, 0.05) is 13.1 Å². The summed E-state index contributed by atoms with van der Waals surface area (Å²) < 4.78 is 10.5. The van der Waals surface area contributed by atoms with Gasteiger partial charge in [0.1, 0.15) is 11.7 Å². The number of nitrogen functional groups attached to an aromatic ring is 1. The lowest BCUT2D eigenvalue weighted by Gasteiger charge is -2.29. The van der Waals surface area contributed by atoms with Crippen LogP contribution in [-0.4, -0.2) is 49.2 Å². The van der Waals surface area contributed by atoms with Crippen LogP contribution in [0.1, 0.15) is 23.2 Å². The second-order valence-electron chi connectivity index (χ2n) is 4.73. The predicted molar refractivity (Wildman–Crippen MR) is 71.1 cm³/mol. The minimum Gasteiger partial charge on any atom is -0.474 e. The summed E-state index contributed by atoms with van der Waals surface area (Å²) in [5.74, 6) is -0.182. The number of methoxy groups -OCH3 is 1. The zero-order chi connectivity index (χ0) is 13.8. The molecule has 0 atom stereocenters. The van der Waals surface area contributed by atoms with E-state index in [4.69, 9.17) is 15.2 Å². The zero-order valence-electron chi connectivity index (χ0n) is 11.3. The molecule has 6 heteroatoms. The van der Waals surface area contributed by atoms with Crippen LogP contribution < -0.4 is 10.5 Å². The number of likely N-dealkylation sites (tertiary alicyclic amines) is 1. The Bertz CT molecular complexity index is 456. The average Bonchev–Trinajstić information content (AvgIpc) is 2.42. The molecule has 0 aliphatic carbocycles. The van der Waals surface area contributed by atoms with E-state index in [-0.39, 0.29) is 11.7 Å². The van der Waals surface area contributed by atoms with Crippen molar-refractivity contribution >= 4 is 11.7 Å². The number of ether oxygens (including phenoxy) is 2. The molecule has 1 aromatic rings. The highest BCUT2D eigenvalue weighted by molar-refractivity contribution is 5.92. The molecule has 0 bridgehead atoms. The van der Waals surface area contributed by atoms with Crippen LogP contribution in [0.2, 0.25) is 0 Å². The summed E-state index contributed by atoms with van der Waals surface area (Å²) in [6.45, 7) is 1.96. The highest BCUT2D eigenvalue weighted by Crippen LogP contribution is 2.23. The monoisotopic (exact) mass is 265 g/mol. The Morgan fingerprint density at radius 2 is 2.16 bits per heavy atom. The van der Waals surface area contributed by atoms with E-state index >= 15 is 0 Å². The lowest BCUT2D eigenvalue weighted by atomic mass is 10.1. The maximum Gasteiger partial charge on any atom is 0.343 e. The summed E-state index contributed by atoms with van der Waals surface area (Å²) in [5, 5.41) is 0. The van der Waals surface area contributed by atoms with Crippen LogP contribution in [0.15, 0.2) is 12.3 Å². The van der Waals surface area contributed by atoms with Gasteiger partial charge in [0.2, 0.25) is 5.88 Å². The summed E-state index contributed by atoms with van der Waals surface area (Å²) in [6.07, 6.45) is 3.40. The SMILES string of the molecule is COC(=O)c1cc(N)cnc1OC1CCN(C)CC1. The molecule has 0 radical (unpaired) electrons. The molecule has 1 aromatic heterocycles. The van der Waals surface area contributed by atoms with Gasteiger partial charge in [0.25, 0.3) is 0 Å². The second-order valence-corrected chi connectivity index (χ2v) is 4.73. The van der Waals surface area contributed by atoms with E-state index in [1.807, 2.05) is 0 Å². The number of hydrogen-bond donors (Lipinski definition) is 1. The van der Waals surface area contributed by atoms with Crippen molar-refractivity contribution in [1.29, 1.82) is 0 Å². The fraction of sp³-hybridized carbons (Fsp3) is 0.538. The topological polar surface area (TPSA) is 77.7 Å². The molecule has 1 aliphatic heterocycles. The number of nitrogens with two attached hydrogens (primary N) is 1. The summed E-state index contributed by atoms with van der Waals surface area (Å²) in [6, 6.07) is 1.53. The van der Waals surface area contributed by atoms with Crippen molar-refractivity contribution in [2.75, 3.05) is 33.0 Å². The Balaban J connectivity index is 2.13. The molecule has 0 amide bonds. The minimum atomic E-state index is -0.484. The highest BCUT2D eigenvalue weighted by atomic mass is 16.5. The number of nitrogens with zero attached hydrogens (tertiary/aromatic N) is 2. The summed E-state index contributed by atoms with van der Waals surface area (Å²) in [5.41, 5.74) is 6.33. The van der Waals surface area contributed by atoms with Crippen LogP contribution in [0.5, 0.6) is 5.88 Å². The van der Waals surface area contributed by atoms with Crippen molar-refractivity contribution in [3.63, 3.8) is 0 Å². The van der Waals surface area contributed by atoms with E-state index < -0.39 is 5.97 Å². The Hall–Kier alpha value is -1.82. The quantitative estimate of drug-likeness (QED) is 0.819. The summed E-state index contributed by atoms with van der Waals surface area (Å²) in [7, 11) is 3.41. The molecule has 6 nitrogen and oxygen atoms in total. The molecule has 19 heavy (non-hydrogen) atoms. The van der Waals surface area contributed by atoms with Crippen molar-refractivity contribution in [3.8, 4) is 5.88 Å². The number of hydrogen-bond acceptors (Lipinski definition) is 6. The van der Waals surface area contributed by atoms with Gasteiger partial charge in [0.15, 0.2) is 0 Å². The van der Waals surface area contributed by atoms with Crippen molar-refractivity contribution in [1.82, 2.24) is 9.88 Å². The van der Waals surface area contributed by atoms with Gasteiger partial charge < -0.3 is 20.1 Å². The Labute approximate surface area is 112 Å². The standard InChI is InChI=1S/C13H19N3O3/c1-16-5-3-10(4-6-16)19-12-11(13(17)18-2)7-9(14)8-15-12/h7-8,10H,3-6,14H2,1-2H3. The van der Waals surface area contributed by atoms with Crippen molar-refractivity contribution < 1.29 is 14.3 Å². The average molecular weight is 265 g/mol. The number of anilines is 1. The first kappa shape index (κ1) is 13.6. The van der Waals surface area contributed by atoms with Crippen LogP contribution in [0.25, 0.3) is 0 Å². The molecule has 1 fully saturated rings. The maximum atomic E-state index is 11.7. The molecule has 0 spiro atoms. The van der Waals surface area contributed by atoms with Crippen LogP contribution in [0.4, 0.5) is 5.69 Å². The van der Waals surface area contributed by atoms with E-state index in [1.165, 1.54) is 19.4 Å². The molecule has 104 valence electrons. The molecule has 0 unspecified atom stereocenters. The Morgan fingerprint density at radius 1 is 1.47 bits per heavy atom. The first-order valence-electron chi connectivity index (χ1n) is 6.29. The molecule has 2 rings (SSSR count). The number of esters is 1. The molecule has 0 aromatic carbocycles. The number of rotatable bonds is 3. The Morgan fingerprint density at radius 3 is 2.79 bits per heavy atom. The number of carbonyl (C=O) groups is 1. The number of piperidine rings is 1. The first-order valence-corrected chi connectivity index (χ1v) is 6.29. The van der Waals surface area contributed by atoms with Crippen LogP contribution in [0.3, 0.4) is 0 Å². The third-order valence-electron chi connectivity index (χ3n) is 3.22. The number of aromatic nitrogens is 1. The minimum absolute atomic E-state index is 0.0794. The molecule has 2 heterocycles. The van der Waals surface area contributed by atoms with Gasteiger partial charge in [-0.2, -0.15) is 0 Å². The fourth-order valence-electron chi connectivity index (χ4n) is 2.08. The lowest BCUT2D eigenvalue weighted by Crippen LogP contribution is -2.36. The fourth-order valence-corrected chi connectivity index (χ4v) is 2.08. The highest BCUT2D eigenvalue weighted by Gasteiger charge is 2.22. The van der Waals surface area contributed by atoms with Gasteiger partial charge in [-0.05, 0) is 26.0 Å². The molecule has 1 aliphatic rings. The summed E-state index contributed by atoms with van der Waals surface area (Å²) >= 11 is 0. The van der Waals surface area contributed by atoms with Gasteiger partial charge in [-0.3, -0.25) is 0 Å². The van der Waals surface area contributed by atoms with Crippen LogP contribution in [-0.2, 0) is 4.74 Å². The van der Waals surface area contributed by atoms with Gasteiger partial charge >= 0.3 is 5.97 Å². The maximum absolute atomic E-state index is 11.7. The summed E-state index contributed by atoms with van der Waals surface area (Å²) in [4.78, 5) is 18.0. The second kappa shape index (κ2) is 5.88. The van der Waals surface area contributed by atoms with Crippen LogP contribution in [0, 0.1) is 0 Å². The molecule has 1 saturated heterocycles. The van der Waals surface area contributed by atoms with E-state index in [0.717, 1.165) is 25.9 Å². The van der Waals surface area contributed by atoms with Gasteiger partial charge in [0.05, 0.1) is 19.0 Å². The van der Waals surface area contributed by atoms with Crippen molar-refractivity contribution in [2.24, 2.45) is 0 Å². The smallest absolute Gasteiger partial charge is 0.343 e. The normalized spacial score (nSPS) is 17.2. The molecule has 2 N–H and O–H groups in total. The van der Waals surface area contributed by atoms with Crippen molar-refractivity contribution in [2.45, 2.75) is 18.9 Å².